The number of nitrogens with one attached hydrogen (secondary N) is 1. The van der Waals surface area contributed by atoms with Crippen LogP contribution in [0.15, 0.2) is 59.3 Å². The molecule has 31 heavy (non-hydrogen) atoms. The fourth-order valence-electron chi connectivity index (χ4n) is 3.76. The third-order valence-corrected chi connectivity index (χ3v) is 6.09. The van der Waals surface area contributed by atoms with Gasteiger partial charge >= 0.3 is 0 Å². The van der Waals surface area contributed by atoms with Gasteiger partial charge in [0.1, 0.15) is 10.7 Å². The topological polar surface area (TPSA) is 69.7 Å². The van der Waals surface area contributed by atoms with Crippen molar-refractivity contribution in [3.63, 3.8) is 0 Å². The van der Waals surface area contributed by atoms with E-state index in [0.717, 1.165) is 43.7 Å². The molecule has 3 amide bonds. The van der Waals surface area contributed by atoms with Crippen LogP contribution in [0.25, 0.3) is 0 Å². The van der Waals surface area contributed by atoms with Gasteiger partial charge in [0.15, 0.2) is 0 Å². The molecule has 0 saturated carbocycles. The number of hydrogen-bond acceptors (Lipinski definition) is 4. The van der Waals surface area contributed by atoms with Gasteiger partial charge < -0.3 is 10.2 Å². The Balaban J connectivity index is 1.50. The second-order valence-corrected chi connectivity index (χ2v) is 8.28. The molecule has 2 heterocycles. The maximum Gasteiger partial charge on any atom is 0.283 e. The third-order valence-electron chi connectivity index (χ3n) is 5.42. The van der Waals surface area contributed by atoms with Crippen molar-refractivity contribution in [2.45, 2.75) is 25.7 Å². The predicted octanol–water partition coefficient (Wildman–Crippen LogP) is 4.79. The van der Waals surface area contributed by atoms with Crippen molar-refractivity contribution in [2.24, 2.45) is 0 Å². The molecule has 2 aromatic rings. The summed E-state index contributed by atoms with van der Waals surface area (Å²) in [7, 11) is 0. The van der Waals surface area contributed by atoms with Crippen LogP contribution in [0.4, 0.5) is 11.4 Å². The summed E-state index contributed by atoms with van der Waals surface area (Å²) in [6, 6.07) is 13.4. The summed E-state index contributed by atoms with van der Waals surface area (Å²) in [6.07, 6.45) is 4.35. The molecule has 6 nitrogen and oxygen atoms in total. The number of para-hydroxylation sites is 1. The number of carbonyl (C=O) groups is 3. The molecule has 0 radical (unpaired) electrons. The number of rotatable bonds is 4. The molecule has 4 rings (SSSR count). The summed E-state index contributed by atoms with van der Waals surface area (Å²) >= 11 is 12.3. The zero-order valence-electron chi connectivity index (χ0n) is 16.7. The Morgan fingerprint density at radius 3 is 2.13 bits per heavy atom. The lowest BCUT2D eigenvalue weighted by atomic mass is 10.1. The van der Waals surface area contributed by atoms with E-state index >= 15 is 0 Å². The Morgan fingerprint density at radius 2 is 1.48 bits per heavy atom. The SMILES string of the molecule is O=C(c1ccc(NC2=C(Cl)C(=O)N(c3ccccc3Cl)C2=O)cc1)N1CCCCCC1. The van der Waals surface area contributed by atoms with Gasteiger partial charge in [-0.25, -0.2) is 4.90 Å². The molecular formula is C23H21Cl2N3O3. The molecule has 0 bridgehead atoms. The van der Waals surface area contributed by atoms with Crippen molar-refractivity contribution < 1.29 is 14.4 Å². The standard InChI is InChI=1S/C23H21Cl2N3O3/c24-17-7-3-4-8-18(17)28-22(30)19(25)20(23(28)31)26-16-11-9-15(10-12-16)21(29)27-13-5-1-2-6-14-27/h3-4,7-12,26H,1-2,5-6,13-14H2. The molecule has 1 N–H and O–H groups in total. The number of hydrogen-bond donors (Lipinski definition) is 1. The van der Waals surface area contributed by atoms with Gasteiger partial charge in [0, 0.05) is 24.3 Å². The number of likely N-dealkylation sites (tertiary alicyclic amines) is 1. The Kier molecular flexibility index (Phi) is 6.30. The van der Waals surface area contributed by atoms with Gasteiger partial charge in [-0.15, -0.1) is 0 Å². The van der Waals surface area contributed by atoms with Crippen LogP contribution in [0.1, 0.15) is 36.0 Å². The number of amides is 3. The van der Waals surface area contributed by atoms with E-state index in [4.69, 9.17) is 23.2 Å². The quantitative estimate of drug-likeness (QED) is 0.669. The van der Waals surface area contributed by atoms with E-state index < -0.39 is 11.8 Å². The van der Waals surface area contributed by atoms with Gasteiger partial charge in [-0.3, -0.25) is 14.4 Å². The highest BCUT2D eigenvalue weighted by Gasteiger charge is 2.39. The van der Waals surface area contributed by atoms with Crippen LogP contribution >= 0.6 is 23.2 Å². The van der Waals surface area contributed by atoms with E-state index in [9.17, 15) is 14.4 Å². The van der Waals surface area contributed by atoms with Crippen LogP contribution in [-0.2, 0) is 9.59 Å². The number of carbonyl (C=O) groups excluding carboxylic acids is 3. The summed E-state index contributed by atoms with van der Waals surface area (Å²) in [4.78, 5) is 41.0. The van der Waals surface area contributed by atoms with E-state index in [2.05, 4.69) is 5.32 Å². The first-order valence-electron chi connectivity index (χ1n) is 10.2. The van der Waals surface area contributed by atoms with E-state index in [1.807, 2.05) is 4.90 Å². The van der Waals surface area contributed by atoms with Crippen molar-refractivity contribution in [1.82, 2.24) is 4.90 Å². The Bertz CT molecular complexity index is 1060. The summed E-state index contributed by atoms with van der Waals surface area (Å²) < 4.78 is 0. The Labute approximate surface area is 190 Å². The van der Waals surface area contributed by atoms with Crippen molar-refractivity contribution in [1.29, 1.82) is 0 Å². The van der Waals surface area contributed by atoms with Crippen LogP contribution in [0, 0.1) is 0 Å². The van der Waals surface area contributed by atoms with Crippen molar-refractivity contribution in [3.8, 4) is 0 Å². The maximum atomic E-state index is 12.9. The summed E-state index contributed by atoms with van der Waals surface area (Å²) in [5.41, 5.74) is 1.37. The first-order chi connectivity index (χ1) is 15.0. The van der Waals surface area contributed by atoms with Crippen molar-refractivity contribution in [2.75, 3.05) is 23.3 Å². The first kappa shape index (κ1) is 21.4. The van der Waals surface area contributed by atoms with Crippen molar-refractivity contribution in [3.05, 3.63) is 69.8 Å². The van der Waals surface area contributed by atoms with E-state index in [0.29, 0.717) is 11.3 Å². The molecule has 2 aromatic carbocycles. The molecule has 2 aliphatic rings. The lowest BCUT2D eigenvalue weighted by molar-refractivity contribution is -0.120. The highest BCUT2D eigenvalue weighted by molar-refractivity contribution is 6.53. The molecular weight excluding hydrogens is 437 g/mol. The van der Waals surface area contributed by atoms with Crippen LogP contribution in [0.5, 0.6) is 0 Å². The molecule has 0 aromatic heterocycles. The van der Waals surface area contributed by atoms with Gasteiger partial charge in [0.2, 0.25) is 0 Å². The zero-order valence-corrected chi connectivity index (χ0v) is 18.2. The number of halogens is 2. The highest BCUT2D eigenvalue weighted by atomic mass is 35.5. The largest absolute Gasteiger partial charge is 0.350 e. The molecule has 160 valence electrons. The fourth-order valence-corrected chi connectivity index (χ4v) is 4.19. The molecule has 1 fully saturated rings. The van der Waals surface area contributed by atoms with Crippen LogP contribution in [0.3, 0.4) is 0 Å². The van der Waals surface area contributed by atoms with Gasteiger partial charge in [0.25, 0.3) is 17.7 Å². The monoisotopic (exact) mass is 457 g/mol. The molecule has 2 aliphatic heterocycles. The number of imide groups is 1. The minimum atomic E-state index is -0.643. The maximum absolute atomic E-state index is 12.9. The zero-order chi connectivity index (χ0) is 22.0. The molecule has 0 aliphatic carbocycles. The smallest absolute Gasteiger partial charge is 0.283 e. The van der Waals surface area contributed by atoms with Gasteiger partial charge in [-0.05, 0) is 49.2 Å². The molecule has 0 unspecified atom stereocenters. The second-order valence-electron chi connectivity index (χ2n) is 7.49. The number of anilines is 2. The predicted molar refractivity (Wildman–Crippen MR) is 121 cm³/mol. The van der Waals surface area contributed by atoms with Gasteiger partial charge in [-0.1, -0.05) is 48.2 Å². The van der Waals surface area contributed by atoms with Crippen LogP contribution in [0.2, 0.25) is 5.02 Å². The lowest BCUT2D eigenvalue weighted by Gasteiger charge is -2.20. The average Bonchev–Trinajstić information content (AvgIpc) is 2.98. The van der Waals surface area contributed by atoms with E-state index in [1.165, 1.54) is 0 Å². The third kappa shape index (κ3) is 4.31. The van der Waals surface area contributed by atoms with Crippen molar-refractivity contribution >= 4 is 52.3 Å². The molecule has 0 atom stereocenters. The molecule has 8 heteroatoms. The average molecular weight is 458 g/mol. The van der Waals surface area contributed by atoms with Gasteiger partial charge in [-0.2, -0.15) is 0 Å². The first-order valence-corrected chi connectivity index (χ1v) is 10.9. The van der Waals surface area contributed by atoms with E-state index in [1.54, 1.807) is 48.5 Å². The summed E-state index contributed by atoms with van der Waals surface area (Å²) in [5, 5.41) is 2.97. The van der Waals surface area contributed by atoms with Gasteiger partial charge in [0.05, 0.1) is 10.7 Å². The van der Waals surface area contributed by atoms with E-state index in [-0.39, 0.29) is 27.3 Å². The fraction of sp³-hybridized carbons (Fsp3) is 0.261. The van der Waals surface area contributed by atoms with Crippen LogP contribution in [-0.4, -0.2) is 35.7 Å². The normalized spacial score (nSPS) is 17.2. The lowest BCUT2D eigenvalue weighted by Crippen LogP contribution is -2.32. The number of benzene rings is 2. The Hall–Kier alpha value is -2.83. The minimum Gasteiger partial charge on any atom is -0.350 e. The Morgan fingerprint density at radius 1 is 0.839 bits per heavy atom. The summed E-state index contributed by atoms with van der Waals surface area (Å²) in [5.74, 6) is -1.23. The molecule has 1 saturated heterocycles. The minimum absolute atomic E-state index is 0.00251. The highest BCUT2D eigenvalue weighted by Crippen LogP contribution is 2.34. The number of nitrogens with zero attached hydrogens (tertiary/aromatic N) is 2. The van der Waals surface area contributed by atoms with Crippen LogP contribution < -0.4 is 10.2 Å². The summed E-state index contributed by atoms with van der Waals surface area (Å²) in [6.45, 7) is 1.55. The molecule has 0 spiro atoms. The second kappa shape index (κ2) is 9.12.